The Bertz CT molecular complexity index is 4080. The van der Waals surface area contributed by atoms with Crippen molar-refractivity contribution in [1.29, 1.82) is 10.5 Å². The van der Waals surface area contributed by atoms with E-state index >= 15 is 0 Å². The first-order chi connectivity index (χ1) is 29.6. The second-order valence-corrected chi connectivity index (χ2v) is 17.2. The smallest absolute Gasteiger partial charge is 0.136 e. The van der Waals surface area contributed by atoms with Crippen LogP contribution >= 0.6 is 11.3 Å². The van der Waals surface area contributed by atoms with Crippen molar-refractivity contribution < 1.29 is 4.42 Å². The van der Waals surface area contributed by atoms with Crippen LogP contribution in [0.15, 0.2) is 162 Å². The summed E-state index contributed by atoms with van der Waals surface area (Å²) in [5.41, 5.74) is 14.1. The van der Waals surface area contributed by atoms with Crippen molar-refractivity contribution in [3.8, 4) is 78.4 Å². The first-order valence-corrected chi connectivity index (χ1v) is 20.9. The van der Waals surface area contributed by atoms with Crippen LogP contribution in [0.4, 0.5) is 0 Å². The van der Waals surface area contributed by atoms with Crippen molar-refractivity contribution in [1.82, 2.24) is 0 Å². The van der Waals surface area contributed by atoms with Gasteiger partial charge in [0.15, 0.2) is 0 Å². The molecule has 0 fully saturated rings. The lowest BCUT2D eigenvalue weighted by Gasteiger charge is -2.18. The summed E-state index contributed by atoms with van der Waals surface area (Å²) in [5, 5.41) is 33.7. The molecular weight excluding hydrogens is 749 g/mol. The van der Waals surface area contributed by atoms with Crippen molar-refractivity contribution in [2.24, 2.45) is 0 Å². The molecule has 0 atom stereocenters. The minimum absolute atomic E-state index is 0.574. The number of rotatable bonds is 2. The zero-order valence-corrected chi connectivity index (χ0v) is 32.5. The zero-order chi connectivity index (χ0) is 39.4. The number of furan rings is 1. The minimum Gasteiger partial charge on any atom is -0.456 e. The molecule has 2 heterocycles. The molecule has 0 spiro atoms. The lowest BCUT2D eigenvalue weighted by molar-refractivity contribution is 0.632. The molecule has 10 aromatic carbocycles. The number of benzene rings is 10. The zero-order valence-electron chi connectivity index (χ0n) is 31.7. The van der Waals surface area contributed by atoms with E-state index in [1.165, 1.54) is 98.0 Å². The van der Waals surface area contributed by atoms with E-state index in [0.717, 1.165) is 37.6 Å². The molecule has 0 radical (unpaired) electrons. The van der Waals surface area contributed by atoms with Crippen LogP contribution in [0.2, 0.25) is 0 Å². The maximum atomic E-state index is 9.78. The van der Waals surface area contributed by atoms with Crippen molar-refractivity contribution in [3.05, 3.63) is 169 Å². The summed E-state index contributed by atoms with van der Waals surface area (Å²) in [4.78, 5) is 1.17. The normalized spacial score (nSPS) is 12.3. The van der Waals surface area contributed by atoms with Gasteiger partial charge in [0, 0.05) is 31.7 Å². The third kappa shape index (κ3) is 4.10. The molecule has 0 N–H and O–H groups in total. The summed E-state index contributed by atoms with van der Waals surface area (Å²) >= 11 is 1.75. The number of hydrogen-bond donors (Lipinski definition) is 0. The predicted octanol–water partition coefficient (Wildman–Crippen LogP) is 15.8. The SMILES string of the molecule is N#Cc1ccc2cc(-c3c4c(cc5c3ccc3c6cc7c(cc6c(-c6cc8ccc(C#N)cc8s6)cc53)-c3cccc5cccc-7c35)-c3cccc5cccc-4c35)oc2c1. The minimum atomic E-state index is 0.574. The van der Waals surface area contributed by atoms with Crippen LogP contribution < -0.4 is 0 Å². The van der Waals surface area contributed by atoms with Gasteiger partial charge < -0.3 is 4.42 Å². The van der Waals surface area contributed by atoms with Gasteiger partial charge in [-0.1, -0.05) is 91.0 Å². The van der Waals surface area contributed by atoms with E-state index in [-0.39, 0.29) is 0 Å². The van der Waals surface area contributed by atoms with Crippen LogP contribution in [-0.2, 0) is 0 Å². The summed E-state index contributed by atoms with van der Waals surface area (Å²) in [7, 11) is 0. The molecule has 272 valence electrons. The standard InChI is InChI=1S/C56H26N2OS/c57-27-29-13-15-33-21-50(59-49(33)19-29)56-39-18-17-35-41-23-43-36-9-1-5-31-6-2-10-37(53(31)36)44(43)24-46(41)47(52-22-34-16-14-30(28-58)20-51(34)60-52)25-42(35)45(39)26-48-38-11-3-7-32-8-4-12-40(54(32)38)55(48)56/h1-26H. The maximum absolute atomic E-state index is 9.78. The van der Waals surface area contributed by atoms with Gasteiger partial charge in [-0.2, -0.15) is 10.5 Å². The molecule has 0 unspecified atom stereocenters. The Morgan fingerprint density at radius 3 is 1.68 bits per heavy atom. The highest BCUT2D eigenvalue weighted by Crippen LogP contribution is 2.56. The van der Waals surface area contributed by atoms with Crippen molar-refractivity contribution >= 4 is 86.3 Å². The fourth-order valence-corrected chi connectivity index (χ4v) is 11.7. The summed E-state index contributed by atoms with van der Waals surface area (Å²) < 4.78 is 7.89. The second-order valence-electron chi connectivity index (χ2n) is 16.2. The molecule has 14 rings (SSSR count). The third-order valence-electron chi connectivity index (χ3n) is 13.2. The summed E-state index contributed by atoms with van der Waals surface area (Å²) in [6, 6.07) is 61.6. The predicted molar refractivity (Wildman–Crippen MR) is 248 cm³/mol. The Balaban J connectivity index is 1.15. The van der Waals surface area contributed by atoms with Gasteiger partial charge in [-0.3, -0.25) is 0 Å². The molecule has 3 nitrogen and oxygen atoms in total. The van der Waals surface area contributed by atoms with E-state index in [9.17, 15) is 10.5 Å². The summed E-state index contributed by atoms with van der Waals surface area (Å²) in [5.74, 6) is 0.786. The van der Waals surface area contributed by atoms with Gasteiger partial charge >= 0.3 is 0 Å². The van der Waals surface area contributed by atoms with Gasteiger partial charge in [0.05, 0.1) is 23.3 Å². The van der Waals surface area contributed by atoms with Crippen LogP contribution in [0.1, 0.15) is 11.1 Å². The molecule has 4 heteroatoms. The molecule has 2 aromatic heterocycles. The highest BCUT2D eigenvalue weighted by molar-refractivity contribution is 7.22. The summed E-state index contributed by atoms with van der Waals surface area (Å²) in [6.45, 7) is 0. The Morgan fingerprint density at radius 1 is 0.383 bits per heavy atom. The van der Waals surface area contributed by atoms with Crippen LogP contribution in [0.5, 0.6) is 0 Å². The van der Waals surface area contributed by atoms with E-state index in [4.69, 9.17) is 4.42 Å². The topological polar surface area (TPSA) is 60.7 Å². The molecule has 0 bridgehead atoms. The van der Waals surface area contributed by atoms with Gasteiger partial charge in [-0.05, 0) is 165 Å². The number of hydrogen-bond acceptors (Lipinski definition) is 4. The number of nitrogens with zero attached hydrogens (tertiary/aromatic N) is 2. The third-order valence-corrected chi connectivity index (χ3v) is 14.3. The summed E-state index contributed by atoms with van der Waals surface area (Å²) in [6.07, 6.45) is 0. The number of thiophene rings is 1. The van der Waals surface area contributed by atoms with E-state index in [1.54, 1.807) is 11.3 Å². The molecule has 0 saturated carbocycles. The van der Waals surface area contributed by atoms with Gasteiger partial charge in [0.2, 0.25) is 0 Å². The van der Waals surface area contributed by atoms with Crippen LogP contribution in [0.3, 0.4) is 0 Å². The molecular formula is C56H26N2OS. The van der Waals surface area contributed by atoms with E-state index < -0.39 is 0 Å². The highest BCUT2D eigenvalue weighted by Gasteiger charge is 2.30. The first kappa shape index (κ1) is 32.0. The lowest BCUT2D eigenvalue weighted by Crippen LogP contribution is -1.91. The molecule has 0 amide bonds. The van der Waals surface area contributed by atoms with Crippen molar-refractivity contribution in [2.75, 3.05) is 0 Å². The van der Waals surface area contributed by atoms with Gasteiger partial charge in [-0.15, -0.1) is 11.3 Å². The molecule has 2 aliphatic carbocycles. The van der Waals surface area contributed by atoms with Gasteiger partial charge in [0.1, 0.15) is 11.3 Å². The molecule has 0 aliphatic heterocycles. The second kappa shape index (κ2) is 11.3. The van der Waals surface area contributed by atoms with Crippen LogP contribution in [0, 0.1) is 22.7 Å². The number of nitriles is 2. The lowest BCUT2D eigenvalue weighted by atomic mass is 9.86. The Labute approximate surface area is 346 Å². The maximum Gasteiger partial charge on any atom is 0.136 e. The quantitative estimate of drug-likeness (QED) is 0.164. The van der Waals surface area contributed by atoms with E-state index in [0.29, 0.717) is 16.7 Å². The molecule has 60 heavy (non-hydrogen) atoms. The number of fused-ring (bicyclic) bond motifs is 13. The monoisotopic (exact) mass is 774 g/mol. The van der Waals surface area contributed by atoms with Gasteiger partial charge in [-0.25, -0.2) is 0 Å². The average Bonchev–Trinajstić information content (AvgIpc) is 4.07. The van der Waals surface area contributed by atoms with E-state index in [1.807, 2.05) is 30.3 Å². The first-order valence-electron chi connectivity index (χ1n) is 20.1. The van der Waals surface area contributed by atoms with Gasteiger partial charge in [0.25, 0.3) is 0 Å². The molecule has 12 aromatic rings. The Hall–Kier alpha value is -8.02. The Morgan fingerprint density at radius 2 is 0.950 bits per heavy atom. The molecule has 2 aliphatic rings. The average molecular weight is 775 g/mol. The fraction of sp³-hybridized carbons (Fsp3) is 0. The largest absolute Gasteiger partial charge is 0.456 e. The van der Waals surface area contributed by atoms with Crippen LogP contribution in [0.25, 0.3) is 141 Å². The van der Waals surface area contributed by atoms with Crippen molar-refractivity contribution in [3.63, 3.8) is 0 Å². The van der Waals surface area contributed by atoms with E-state index in [2.05, 4.69) is 140 Å². The highest BCUT2D eigenvalue weighted by atomic mass is 32.1. The fourth-order valence-electron chi connectivity index (χ4n) is 10.6. The van der Waals surface area contributed by atoms with Crippen LogP contribution in [-0.4, -0.2) is 0 Å². The Kier molecular flexibility index (Phi) is 6.05. The molecule has 0 saturated heterocycles. The van der Waals surface area contributed by atoms with Crippen molar-refractivity contribution in [2.45, 2.75) is 0 Å².